The van der Waals surface area contributed by atoms with Gasteiger partial charge >= 0.3 is 0 Å². The van der Waals surface area contributed by atoms with Crippen molar-refractivity contribution in [2.75, 3.05) is 13.1 Å². The van der Waals surface area contributed by atoms with Crippen molar-refractivity contribution in [1.82, 2.24) is 4.90 Å². The Morgan fingerprint density at radius 3 is 2.60 bits per heavy atom. The lowest BCUT2D eigenvalue weighted by Gasteiger charge is -2.43. The maximum atomic E-state index is 6.13. The van der Waals surface area contributed by atoms with Crippen molar-refractivity contribution in [2.24, 2.45) is 5.73 Å². The third kappa shape index (κ3) is 3.62. The second-order valence-electron chi connectivity index (χ2n) is 6.45. The van der Waals surface area contributed by atoms with Crippen molar-refractivity contribution in [3.8, 4) is 0 Å². The van der Waals surface area contributed by atoms with Crippen LogP contribution in [0.3, 0.4) is 0 Å². The number of hydrogen-bond acceptors (Lipinski definition) is 2. The number of nitrogens with zero attached hydrogens (tertiary/aromatic N) is 1. The molecule has 1 unspecified atom stereocenters. The van der Waals surface area contributed by atoms with Crippen LogP contribution in [0.15, 0.2) is 24.3 Å². The van der Waals surface area contributed by atoms with Crippen molar-refractivity contribution in [2.45, 2.75) is 64.5 Å². The zero-order valence-electron chi connectivity index (χ0n) is 13.2. The maximum absolute atomic E-state index is 6.13. The largest absolute Gasteiger partial charge is 0.329 e. The first-order chi connectivity index (χ1) is 9.69. The molecule has 0 fully saturated rings. The average Bonchev–Trinajstić information content (AvgIpc) is 2.51. The minimum Gasteiger partial charge on any atom is -0.329 e. The molecule has 2 N–H and O–H groups in total. The molecule has 1 aromatic carbocycles. The molecule has 1 heterocycles. The molecule has 0 spiro atoms. The highest BCUT2D eigenvalue weighted by atomic mass is 15.2. The van der Waals surface area contributed by atoms with Gasteiger partial charge in [0.1, 0.15) is 0 Å². The van der Waals surface area contributed by atoms with Gasteiger partial charge in [-0.1, -0.05) is 56.9 Å². The molecular weight excluding hydrogens is 244 g/mol. The Balaban J connectivity index is 1.98. The monoisotopic (exact) mass is 274 g/mol. The van der Waals surface area contributed by atoms with Gasteiger partial charge in [-0.05, 0) is 30.9 Å². The van der Waals surface area contributed by atoms with Crippen molar-refractivity contribution < 1.29 is 0 Å². The molecule has 0 aromatic heterocycles. The second-order valence-corrected chi connectivity index (χ2v) is 6.45. The summed E-state index contributed by atoms with van der Waals surface area (Å²) < 4.78 is 0. The van der Waals surface area contributed by atoms with E-state index in [1.54, 1.807) is 0 Å². The van der Waals surface area contributed by atoms with Crippen LogP contribution in [0.25, 0.3) is 0 Å². The number of hydrogen-bond donors (Lipinski definition) is 1. The lowest BCUT2D eigenvalue weighted by Crippen LogP contribution is -2.53. The summed E-state index contributed by atoms with van der Waals surface area (Å²) in [5, 5.41) is 0. The van der Waals surface area contributed by atoms with E-state index in [4.69, 9.17) is 5.73 Å². The molecule has 0 aliphatic carbocycles. The van der Waals surface area contributed by atoms with Gasteiger partial charge in [-0.15, -0.1) is 0 Å². The lowest BCUT2D eigenvalue weighted by atomic mass is 9.88. The third-order valence-electron chi connectivity index (χ3n) is 4.90. The van der Waals surface area contributed by atoms with E-state index in [0.717, 1.165) is 19.6 Å². The van der Waals surface area contributed by atoms with E-state index in [9.17, 15) is 0 Å². The molecule has 0 amide bonds. The minimum absolute atomic E-state index is 0.168. The molecule has 2 rings (SSSR count). The summed E-state index contributed by atoms with van der Waals surface area (Å²) in [6, 6.07) is 8.86. The maximum Gasteiger partial charge on any atom is 0.0307 e. The Hall–Kier alpha value is -0.860. The number of benzene rings is 1. The van der Waals surface area contributed by atoms with E-state index >= 15 is 0 Å². The van der Waals surface area contributed by atoms with Gasteiger partial charge in [0.05, 0.1) is 0 Å². The Kier molecular flexibility index (Phi) is 5.62. The van der Waals surface area contributed by atoms with Crippen LogP contribution >= 0.6 is 0 Å². The lowest BCUT2D eigenvalue weighted by molar-refractivity contribution is 0.0840. The highest BCUT2D eigenvalue weighted by molar-refractivity contribution is 5.29. The van der Waals surface area contributed by atoms with Crippen molar-refractivity contribution >= 4 is 0 Å². The number of unbranched alkanes of at least 4 members (excludes halogenated alkanes) is 3. The Morgan fingerprint density at radius 1 is 1.15 bits per heavy atom. The van der Waals surface area contributed by atoms with Gasteiger partial charge in [-0.25, -0.2) is 0 Å². The van der Waals surface area contributed by atoms with Crippen molar-refractivity contribution in [3.05, 3.63) is 35.4 Å². The topological polar surface area (TPSA) is 29.3 Å². The second kappa shape index (κ2) is 7.24. The average molecular weight is 274 g/mol. The van der Waals surface area contributed by atoms with E-state index in [2.05, 4.69) is 43.0 Å². The first kappa shape index (κ1) is 15.5. The van der Waals surface area contributed by atoms with Crippen LogP contribution in [0.1, 0.15) is 57.1 Å². The van der Waals surface area contributed by atoms with Crippen molar-refractivity contribution in [1.29, 1.82) is 0 Å². The number of fused-ring (bicyclic) bond motifs is 1. The van der Waals surface area contributed by atoms with E-state index in [0.29, 0.717) is 0 Å². The predicted octanol–water partition coefficient (Wildman–Crippen LogP) is 3.73. The molecule has 0 saturated heterocycles. The molecule has 20 heavy (non-hydrogen) atoms. The van der Waals surface area contributed by atoms with E-state index in [-0.39, 0.29) is 5.54 Å². The number of nitrogens with two attached hydrogens (primary N) is 1. The van der Waals surface area contributed by atoms with E-state index in [1.807, 2.05) is 0 Å². The zero-order valence-corrected chi connectivity index (χ0v) is 13.2. The summed E-state index contributed by atoms with van der Waals surface area (Å²) >= 11 is 0. The Bertz CT molecular complexity index is 416. The van der Waals surface area contributed by atoms with E-state index < -0.39 is 0 Å². The molecule has 2 nitrogen and oxygen atoms in total. The highest BCUT2D eigenvalue weighted by Gasteiger charge is 2.32. The summed E-state index contributed by atoms with van der Waals surface area (Å²) in [7, 11) is 0. The fourth-order valence-electron chi connectivity index (χ4n) is 3.28. The summed E-state index contributed by atoms with van der Waals surface area (Å²) in [5.41, 5.74) is 9.31. The predicted molar refractivity (Wildman–Crippen MR) is 86.8 cm³/mol. The minimum atomic E-state index is 0.168. The quantitative estimate of drug-likeness (QED) is 0.768. The van der Waals surface area contributed by atoms with Gasteiger partial charge in [0.15, 0.2) is 0 Å². The molecule has 112 valence electrons. The molecule has 1 atom stereocenters. The van der Waals surface area contributed by atoms with Crippen molar-refractivity contribution in [3.63, 3.8) is 0 Å². The molecule has 1 aliphatic rings. The van der Waals surface area contributed by atoms with Gasteiger partial charge in [0, 0.05) is 25.2 Å². The van der Waals surface area contributed by atoms with Crippen LogP contribution in [-0.4, -0.2) is 23.5 Å². The third-order valence-corrected chi connectivity index (χ3v) is 4.90. The van der Waals surface area contributed by atoms with Crippen LogP contribution in [0.5, 0.6) is 0 Å². The first-order valence-electron chi connectivity index (χ1n) is 8.21. The molecule has 0 bridgehead atoms. The number of rotatable bonds is 7. The molecular formula is C18H30N2. The smallest absolute Gasteiger partial charge is 0.0307 e. The normalized spacial score (nSPS) is 18.6. The SMILES string of the molecule is CCCCCCC(C)(CN)N1CCc2ccccc2C1. The van der Waals surface area contributed by atoms with Gasteiger partial charge in [0.25, 0.3) is 0 Å². The molecule has 2 heteroatoms. The first-order valence-corrected chi connectivity index (χ1v) is 8.21. The molecule has 1 aromatic rings. The van der Waals surface area contributed by atoms with Gasteiger partial charge < -0.3 is 5.73 Å². The van der Waals surface area contributed by atoms with E-state index in [1.165, 1.54) is 49.7 Å². The Labute approximate surface area is 124 Å². The van der Waals surface area contributed by atoms with Gasteiger partial charge in [0.2, 0.25) is 0 Å². The summed E-state index contributed by atoms with van der Waals surface area (Å²) in [6.07, 6.45) is 7.70. The fraction of sp³-hybridized carbons (Fsp3) is 0.667. The Morgan fingerprint density at radius 2 is 1.90 bits per heavy atom. The van der Waals surface area contributed by atoms with Crippen LogP contribution in [0.2, 0.25) is 0 Å². The molecule has 0 radical (unpaired) electrons. The summed E-state index contributed by atoms with van der Waals surface area (Å²) in [4.78, 5) is 2.61. The summed E-state index contributed by atoms with van der Waals surface area (Å²) in [6.45, 7) is 7.61. The zero-order chi connectivity index (χ0) is 14.4. The van der Waals surface area contributed by atoms with Gasteiger partial charge in [-0.2, -0.15) is 0 Å². The summed E-state index contributed by atoms with van der Waals surface area (Å²) in [5.74, 6) is 0. The highest BCUT2D eigenvalue weighted by Crippen LogP contribution is 2.28. The van der Waals surface area contributed by atoms with Crippen LogP contribution in [0, 0.1) is 0 Å². The molecule has 0 saturated carbocycles. The van der Waals surface area contributed by atoms with Gasteiger partial charge in [-0.3, -0.25) is 4.90 Å². The molecule has 1 aliphatic heterocycles. The van der Waals surface area contributed by atoms with Crippen LogP contribution in [-0.2, 0) is 13.0 Å². The standard InChI is InChI=1S/C18H30N2/c1-3-4-5-8-12-18(2,15-19)20-13-11-16-9-6-7-10-17(16)14-20/h6-7,9-10H,3-5,8,11-15,19H2,1-2H3. The van der Waals surface area contributed by atoms with Crippen LogP contribution < -0.4 is 5.73 Å². The van der Waals surface area contributed by atoms with Crippen LogP contribution in [0.4, 0.5) is 0 Å². The fourth-order valence-corrected chi connectivity index (χ4v) is 3.28.